The summed E-state index contributed by atoms with van der Waals surface area (Å²) in [5.74, 6) is -2.08. The molecule has 0 bridgehead atoms. The lowest BCUT2D eigenvalue weighted by atomic mass is 10.1. The number of carbonyl (C=O) groups excluding carboxylic acids is 1. The number of anilines is 1. The fraction of sp³-hybridized carbons (Fsp3) is 0.231. The Morgan fingerprint density at radius 2 is 1.76 bits per heavy atom. The Bertz CT molecular complexity index is 624. The van der Waals surface area contributed by atoms with Gasteiger partial charge in [-0.15, -0.1) is 0 Å². The minimum Gasteiger partial charge on any atom is -0.478 e. The van der Waals surface area contributed by atoms with E-state index in [1.165, 1.54) is 19.9 Å². The van der Waals surface area contributed by atoms with Crippen molar-refractivity contribution < 1.29 is 27.9 Å². The molecule has 0 saturated carbocycles. The van der Waals surface area contributed by atoms with Crippen molar-refractivity contribution in [3.05, 3.63) is 39.9 Å². The van der Waals surface area contributed by atoms with E-state index in [0.29, 0.717) is 6.07 Å². The monoisotopic (exact) mass is 321 g/mol. The molecule has 0 aliphatic heterocycles. The second-order valence-electron chi connectivity index (χ2n) is 4.20. The van der Waals surface area contributed by atoms with Gasteiger partial charge in [0.15, 0.2) is 0 Å². The summed E-state index contributed by atoms with van der Waals surface area (Å²) < 4.78 is 38.0. The van der Waals surface area contributed by atoms with Gasteiger partial charge in [0.25, 0.3) is 5.91 Å². The molecule has 0 aromatic heterocycles. The van der Waals surface area contributed by atoms with E-state index in [9.17, 15) is 22.8 Å². The topological polar surface area (TPSA) is 66.4 Å². The molecular weight excluding hydrogens is 311 g/mol. The van der Waals surface area contributed by atoms with Crippen molar-refractivity contribution in [2.45, 2.75) is 20.0 Å². The molecule has 0 saturated heterocycles. The van der Waals surface area contributed by atoms with E-state index < -0.39 is 28.6 Å². The van der Waals surface area contributed by atoms with Crippen molar-refractivity contribution >= 4 is 29.2 Å². The van der Waals surface area contributed by atoms with Crippen molar-refractivity contribution in [2.75, 3.05) is 5.32 Å². The molecule has 1 aromatic carbocycles. The molecule has 0 aliphatic rings. The number of halogens is 4. The van der Waals surface area contributed by atoms with Gasteiger partial charge in [-0.25, -0.2) is 4.79 Å². The Morgan fingerprint density at radius 3 is 2.24 bits per heavy atom. The molecule has 4 nitrogen and oxygen atoms in total. The molecular formula is C13H11ClF3NO3. The maximum Gasteiger partial charge on any atom is 0.417 e. The quantitative estimate of drug-likeness (QED) is 0.834. The van der Waals surface area contributed by atoms with Gasteiger partial charge in [-0.2, -0.15) is 13.2 Å². The maximum absolute atomic E-state index is 12.7. The summed E-state index contributed by atoms with van der Waals surface area (Å²) in [4.78, 5) is 22.5. The molecule has 0 atom stereocenters. The van der Waals surface area contributed by atoms with Gasteiger partial charge >= 0.3 is 12.1 Å². The molecule has 0 heterocycles. The number of amides is 1. The van der Waals surface area contributed by atoms with Crippen LogP contribution in [0.1, 0.15) is 19.4 Å². The summed E-state index contributed by atoms with van der Waals surface area (Å²) in [6.45, 7) is 2.49. The molecule has 1 rings (SSSR count). The highest BCUT2D eigenvalue weighted by molar-refractivity contribution is 6.31. The average Bonchev–Trinajstić information content (AvgIpc) is 2.37. The second kappa shape index (κ2) is 6.17. The van der Waals surface area contributed by atoms with E-state index in [0.717, 1.165) is 6.07 Å². The number of alkyl halides is 3. The van der Waals surface area contributed by atoms with Gasteiger partial charge in [-0.3, -0.25) is 4.79 Å². The highest BCUT2D eigenvalue weighted by atomic mass is 35.5. The molecule has 0 fully saturated rings. The summed E-state index contributed by atoms with van der Waals surface area (Å²) in [7, 11) is 0. The number of carboxylic acid groups (broad SMARTS) is 1. The van der Waals surface area contributed by atoms with Crippen LogP contribution in [0.5, 0.6) is 0 Å². The highest BCUT2D eigenvalue weighted by Gasteiger charge is 2.33. The van der Waals surface area contributed by atoms with Crippen LogP contribution in [-0.4, -0.2) is 17.0 Å². The number of aliphatic carboxylic acids is 1. The van der Waals surface area contributed by atoms with E-state index in [1.807, 2.05) is 0 Å². The minimum atomic E-state index is -4.65. The van der Waals surface area contributed by atoms with E-state index in [1.54, 1.807) is 0 Å². The van der Waals surface area contributed by atoms with Crippen molar-refractivity contribution in [3.8, 4) is 0 Å². The van der Waals surface area contributed by atoms with Crippen molar-refractivity contribution in [2.24, 2.45) is 0 Å². The number of nitrogens with one attached hydrogen (secondary N) is 1. The summed E-state index contributed by atoms with van der Waals surface area (Å²) in [6, 6.07) is 2.88. The van der Waals surface area contributed by atoms with Crippen LogP contribution in [0.3, 0.4) is 0 Å². The maximum atomic E-state index is 12.7. The molecule has 2 N–H and O–H groups in total. The van der Waals surface area contributed by atoms with E-state index >= 15 is 0 Å². The van der Waals surface area contributed by atoms with Gasteiger partial charge < -0.3 is 10.4 Å². The first-order chi connectivity index (χ1) is 9.54. The fourth-order valence-electron chi connectivity index (χ4n) is 1.38. The number of carboxylic acids is 1. The Balaban J connectivity index is 3.08. The Kier molecular flexibility index (Phi) is 5.01. The Hall–Kier alpha value is -2.02. The van der Waals surface area contributed by atoms with Crippen LogP contribution in [0, 0.1) is 0 Å². The minimum absolute atomic E-state index is 0.106. The standard InChI is InChI=1S/C13H11ClF3NO3/c1-6(7(2)12(20)21)11(19)18-8-3-4-10(14)9(5-8)13(15,16)17/h3-5H,1-2H3,(H,18,19)(H,20,21). The zero-order valence-electron chi connectivity index (χ0n) is 11.0. The molecule has 0 spiro atoms. The van der Waals surface area contributed by atoms with Crippen molar-refractivity contribution in [1.82, 2.24) is 0 Å². The van der Waals surface area contributed by atoms with Gasteiger partial charge in [0.1, 0.15) is 0 Å². The lowest BCUT2D eigenvalue weighted by Crippen LogP contribution is -2.17. The first-order valence-corrected chi connectivity index (χ1v) is 6.00. The number of hydrogen-bond donors (Lipinski definition) is 2. The van der Waals surface area contributed by atoms with E-state index in [2.05, 4.69) is 5.32 Å². The van der Waals surface area contributed by atoms with Crippen LogP contribution >= 0.6 is 11.6 Å². The first kappa shape index (κ1) is 17.0. The largest absolute Gasteiger partial charge is 0.478 e. The Morgan fingerprint density at radius 1 is 1.19 bits per heavy atom. The predicted molar refractivity (Wildman–Crippen MR) is 71.1 cm³/mol. The third-order valence-electron chi connectivity index (χ3n) is 2.75. The molecule has 21 heavy (non-hydrogen) atoms. The molecule has 1 amide bonds. The molecule has 0 radical (unpaired) electrons. The van der Waals surface area contributed by atoms with Crippen LogP contribution in [-0.2, 0) is 15.8 Å². The predicted octanol–water partition coefficient (Wildman–Crippen LogP) is 3.72. The molecule has 114 valence electrons. The van der Waals surface area contributed by atoms with Gasteiger partial charge in [-0.05, 0) is 32.0 Å². The normalized spacial score (nSPS) is 12.7. The molecule has 0 aliphatic carbocycles. The molecule has 1 aromatic rings. The number of rotatable bonds is 3. The van der Waals surface area contributed by atoms with E-state index in [4.69, 9.17) is 16.7 Å². The third kappa shape index (κ3) is 4.22. The summed E-state index contributed by atoms with van der Waals surface area (Å²) in [6.07, 6.45) is -4.65. The van der Waals surface area contributed by atoms with Crippen LogP contribution in [0.15, 0.2) is 29.3 Å². The van der Waals surface area contributed by atoms with Crippen LogP contribution in [0.2, 0.25) is 5.02 Å². The number of carbonyl (C=O) groups is 2. The second-order valence-corrected chi connectivity index (χ2v) is 4.61. The Labute approximate surface area is 123 Å². The third-order valence-corrected chi connectivity index (χ3v) is 3.08. The highest BCUT2D eigenvalue weighted by Crippen LogP contribution is 2.36. The lowest BCUT2D eigenvalue weighted by molar-refractivity contribution is -0.137. The zero-order valence-corrected chi connectivity index (χ0v) is 11.8. The smallest absolute Gasteiger partial charge is 0.417 e. The van der Waals surface area contributed by atoms with Crippen LogP contribution < -0.4 is 5.32 Å². The molecule has 0 unspecified atom stereocenters. The fourth-order valence-corrected chi connectivity index (χ4v) is 1.60. The SMILES string of the molecule is CC(C(=O)O)=C(C)C(=O)Nc1ccc(Cl)c(C(F)(F)F)c1. The zero-order chi connectivity index (χ0) is 16.4. The van der Waals surface area contributed by atoms with Gasteiger partial charge in [0, 0.05) is 16.8 Å². The van der Waals surface area contributed by atoms with Crippen LogP contribution in [0.4, 0.5) is 18.9 Å². The molecule has 8 heteroatoms. The van der Waals surface area contributed by atoms with Gasteiger partial charge in [0.2, 0.25) is 0 Å². The number of benzene rings is 1. The van der Waals surface area contributed by atoms with Gasteiger partial charge in [0.05, 0.1) is 10.6 Å². The van der Waals surface area contributed by atoms with Crippen molar-refractivity contribution in [1.29, 1.82) is 0 Å². The van der Waals surface area contributed by atoms with Gasteiger partial charge in [-0.1, -0.05) is 11.6 Å². The first-order valence-electron chi connectivity index (χ1n) is 5.63. The van der Waals surface area contributed by atoms with Crippen LogP contribution in [0.25, 0.3) is 0 Å². The number of hydrogen-bond acceptors (Lipinski definition) is 2. The lowest BCUT2D eigenvalue weighted by Gasteiger charge is -2.12. The van der Waals surface area contributed by atoms with Crippen molar-refractivity contribution in [3.63, 3.8) is 0 Å². The van der Waals surface area contributed by atoms with E-state index in [-0.39, 0.29) is 16.8 Å². The average molecular weight is 322 g/mol. The summed E-state index contributed by atoms with van der Waals surface area (Å²) in [5.41, 5.74) is -1.52. The summed E-state index contributed by atoms with van der Waals surface area (Å²) >= 11 is 5.45. The summed E-state index contributed by atoms with van der Waals surface area (Å²) in [5, 5.41) is 10.5.